The van der Waals surface area contributed by atoms with E-state index in [1.807, 2.05) is 6.07 Å². The van der Waals surface area contributed by atoms with Crippen LogP contribution in [0.4, 0.5) is 0 Å². The molecular weight excluding hydrogens is 298 g/mol. The predicted molar refractivity (Wildman–Crippen MR) is 81.0 cm³/mol. The van der Waals surface area contributed by atoms with E-state index in [0.717, 1.165) is 6.42 Å². The number of nitrogens with one attached hydrogen (secondary N) is 1. The van der Waals surface area contributed by atoms with E-state index in [2.05, 4.69) is 10.4 Å². The lowest BCUT2D eigenvalue weighted by Crippen LogP contribution is -2.34. The van der Waals surface area contributed by atoms with Crippen LogP contribution in [0.5, 0.6) is 5.88 Å². The van der Waals surface area contributed by atoms with Crippen LogP contribution < -0.4 is 10.1 Å². The maximum Gasteiger partial charge on any atom is 0.333 e. The zero-order chi connectivity index (χ0) is 16.2. The normalized spacial score (nSPS) is 14.3. The molecular formula is C16H17N3O4. The molecule has 0 saturated carbocycles. The number of rotatable bonds is 4. The Kier molecular flexibility index (Phi) is 4.27. The summed E-state index contributed by atoms with van der Waals surface area (Å²) < 4.78 is 11.9. The van der Waals surface area contributed by atoms with Crippen molar-refractivity contribution < 1.29 is 19.1 Å². The number of fused-ring (bicyclic) bond motifs is 1. The number of ether oxygens (including phenoxy) is 2. The first-order valence-electron chi connectivity index (χ1n) is 7.33. The van der Waals surface area contributed by atoms with Gasteiger partial charge in [0.2, 0.25) is 5.88 Å². The Morgan fingerprint density at radius 1 is 1.35 bits per heavy atom. The van der Waals surface area contributed by atoms with Crippen LogP contribution in [0.15, 0.2) is 36.4 Å². The fraction of sp³-hybridized carbons (Fsp3) is 0.312. The van der Waals surface area contributed by atoms with Crippen molar-refractivity contribution in [3.05, 3.63) is 47.7 Å². The van der Waals surface area contributed by atoms with Gasteiger partial charge in [-0.05, 0) is 5.56 Å². The van der Waals surface area contributed by atoms with E-state index in [1.54, 1.807) is 35.0 Å². The molecule has 3 rings (SSSR count). The quantitative estimate of drug-likeness (QED) is 0.860. The van der Waals surface area contributed by atoms with Crippen LogP contribution in [-0.2, 0) is 16.1 Å². The zero-order valence-corrected chi connectivity index (χ0v) is 12.7. The van der Waals surface area contributed by atoms with Gasteiger partial charge in [-0.3, -0.25) is 4.79 Å². The van der Waals surface area contributed by atoms with Gasteiger partial charge in [0.15, 0.2) is 11.7 Å². The summed E-state index contributed by atoms with van der Waals surface area (Å²) in [6, 6.07) is 9.62. The molecule has 7 heteroatoms. The third kappa shape index (κ3) is 3.18. The number of methoxy groups -OCH3 is 1. The molecule has 0 spiro atoms. The van der Waals surface area contributed by atoms with Gasteiger partial charge in [-0.2, -0.15) is 5.10 Å². The molecule has 0 saturated heterocycles. The van der Waals surface area contributed by atoms with E-state index in [-0.39, 0.29) is 5.69 Å². The zero-order valence-electron chi connectivity index (χ0n) is 12.7. The number of carbonyl (C=O) groups excluding carboxylic acids is 2. The third-order valence-corrected chi connectivity index (χ3v) is 3.59. The van der Waals surface area contributed by atoms with Crippen molar-refractivity contribution >= 4 is 11.9 Å². The second-order valence-corrected chi connectivity index (χ2v) is 5.13. The fourth-order valence-electron chi connectivity index (χ4n) is 2.42. The molecule has 1 aromatic heterocycles. The fourth-order valence-corrected chi connectivity index (χ4v) is 2.42. The second kappa shape index (κ2) is 6.51. The van der Waals surface area contributed by atoms with E-state index in [0.29, 0.717) is 24.6 Å². The third-order valence-electron chi connectivity index (χ3n) is 3.59. The van der Waals surface area contributed by atoms with Gasteiger partial charge in [-0.1, -0.05) is 30.3 Å². The van der Waals surface area contributed by atoms with Crippen molar-refractivity contribution in [2.75, 3.05) is 13.7 Å². The van der Waals surface area contributed by atoms with Gasteiger partial charge in [-0.15, -0.1) is 0 Å². The number of hydrogen-bond acceptors (Lipinski definition) is 5. The summed E-state index contributed by atoms with van der Waals surface area (Å²) in [5.41, 5.74) is 0.861. The molecule has 1 aliphatic heterocycles. The molecule has 0 radical (unpaired) electrons. The minimum absolute atomic E-state index is 0.215. The SMILES string of the molecule is COC(=O)C(NC(=O)c1cc2n(n1)CCCO2)c1ccccc1. The summed E-state index contributed by atoms with van der Waals surface area (Å²) in [6.07, 6.45) is 0.852. The molecule has 1 aliphatic rings. The topological polar surface area (TPSA) is 82.5 Å². The molecule has 1 N–H and O–H groups in total. The number of carbonyl (C=O) groups is 2. The predicted octanol–water partition coefficient (Wildman–Crippen LogP) is 1.31. The molecule has 1 atom stereocenters. The highest BCUT2D eigenvalue weighted by molar-refractivity contribution is 5.95. The van der Waals surface area contributed by atoms with Crippen molar-refractivity contribution in [1.82, 2.24) is 15.1 Å². The number of hydrogen-bond donors (Lipinski definition) is 1. The van der Waals surface area contributed by atoms with E-state index >= 15 is 0 Å². The number of aromatic nitrogens is 2. The summed E-state index contributed by atoms with van der Waals surface area (Å²) in [6.45, 7) is 1.32. The summed E-state index contributed by atoms with van der Waals surface area (Å²) >= 11 is 0. The molecule has 2 heterocycles. The summed E-state index contributed by atoms with van der Waals surface area (Å²) in [5, 5.41) is 6.87. The van der Waals surface area contributed by atoms with Crippen molar-refractivity contribution in [2.45, 2.75) is 19.0 Å². The number of benzene rings is 1. The molecule has 120 valence electrons. The van der Waals surface area contributed by atoms with Crippen LogP contribution >= 0.6 is 0 Å². The first-order valence-corrected chi connectivity index (χ1v) is 7.33. The summed E-state index contributed by atoms with van der Waals surface area (Å²) in [5.74, 6) is -0.421. The lowest BCUT2D eigenvalue weighted by Gasteiger charge is -2.16. The molecule has 1 amide bonds. The maximum atomic E-state index is 12.4. The molecule has 1 aromatic carbocycles. The standard InChI is InChI=1S/C16H17N3O4/c1-22-16(21)14(11-6-3-2-4-7-11)17-15(20)12-10-13-19(18-12)8-5-9-23-13/h2-4,6-7,10,14H,5,8-9H2,1H3,(H,17,20). The molecule has 0 fully saturated rings. The van der Waals surface area contributed by atoms with Crippen LogP contribution in [0.25, 0.3) is 0 Å². The first-order chi connectivity index (χ1) is 11.2. The Morgan fingerprint density at radius 3 is 2.83 bits per heavy atom. The van der Waals surface area contributed by atoms with Crippen LogP contribution in [0.3, 0.4) is 0 Å². The van der Waals surface area contributed by atoms with Gasteiger partial charge in [-0.25, -0.2) is 9.48 Å². The van der Waals surface area contributed by atoms with E-state index in [4.69, 9.17) is 9.47 Å². The first kappa shape index (κ1) is 15.1. The lowest BCUT2D eigenvalue weighted by molar-refractivity contribution is -0.143. The lowest BCUT2D eigenvalue weighted by atomic mass is 10.1. The average Bonchev–Trinajstić information content (AvgIpc) is 3.04. The number of amides is 1. The van der Waals surface area contributed by atoms with Gasteiger partial charge in [0.1, 0.15) is 0 Å². The number of nitrogens with zero attached hydrogens (tertiary/aromatic N) is 2. The molecule has 23 heavy (non-hydrogen) atoms. The van der Waals surface area contributed by atoms with Gasteiger partial charge < -0.3 is 14.8 Å². The van der Waals surface area contributed by atoms with Crippen LogP contribution in [0.1, 0.15) is 28.5 Å². The van der Waals surface area contributed by atoms with Crippen LogP contribution in [0.2, 0.25) is 0 Å². The maximum absolute atomic E-state index is 12.4. The largest absolute Gasteiger partial charge is 0.478 e. The van der Waals surface area contributed by atoms with Gasteiger partial charge in [0, 0.05) is 19.0 Å². The van der Waals surface area contributed by atoms with Gasteiger partial charge >= 0.3 is 5.97 Å². The highest BCUT2D eigenvalue weighted by Crippen LogP contribution is 2.20. The summed E-state index contributed by atoms with van der Waals surface area (Å²) in [4.78, 5) is 24.4. The van der Waals surface area contributed by atoms with E-state index in [1.165, 1.54) is 7.11 Å². The molecule has 1 unspecified atom stereocenters. The minimum atomic E-state index is -0.881. The summed E-state index contributed by atoms with van der Waals surface area (Å²) in [7, 11) is 1.29. The molecule has 0 aliphatic carbocycles. The highest BCUT2D eigenvalue weighted by atomic mass is 16.5. The Hall–Kier alpha value is -2.83. The molecule has 0 bridgehead atoms. The monoisotopic (exact) mass is 315 g/mol. The van der Waals surface area contributed by atoms with E-state index in [9.17, 15) is 9.59 Å². The Labute approximate surface area is 133 Å². The molecule has 2 aromatic rings. The molecule has 7 nitrogen and oxygen atoms in total. The van der Waals surface area contributed by atoms with Crippen molar-refractivity contribution in [3.63, 3.8) is 0 Å². The Balaban J connectivity index is 1.81. The smallest absolute Gasteiger partial charge is 0.333 e. The van der Waals surface area contributed by atoms with Gasteiger partial charge in [0.25, 0.3) is 5.91 Å². The van der Waals surface area contributed by atoms with Crippen molar-refractivity contribution in [1.29, 1.82) is 0 Å². The Morgan fingerprint density at radius 2 is 2.13 bits per heavy atom. The van der Waals surface area contributed by atoms with Crippen LogP contribution in [0, 0.1) is 0 Å². The second-order valence-electron chi connectivity index (χ2n) is 5.13. The minimum Gasteiger partial charge on any atom is -0.478 e. The van der Waals surface area contributed by atoms with Gasteiger partial charge in [0.05, 0.1) is 13.7 Å². The highest BCUT2D eigenvalue weighted by Gasteiger charge is 2.26. The van der Waals surface area contributed by atoms with Crippen molar-refractivity contribution in [2.24, 2.45) is 0 Å². The number of esters is 1. The van der Waals surface area contributed by atoms with Crippen molar-refractivity contribution in [3.8, 4) is 5.88 Å². The average molecular weight is 315 g/mol. The Bertz CT molecular complexity index is 688. The number of aryl methyl sites for hydroxylation is 1. The van der Waals surface area contributed by atoms with E-state index < -0.39 is 17.9 Å². The van der Waals surface area contributed by atoms with Crippen LogP contribution in [-0.4, -0.2) is 35.4 Å².